The van der Waals surface area contributed by atoms with Crippen LogP contribution in [-0.4, -0.2) is 19.3 Å². The average Bonchev–Trinajstić information content (AvgIpc) is 2.25. The van der Waals surface area contributed by atoms with Crippen molar-refractivity contribution < 1.29 is 0 Å². The van der Waals surface area contributed by atoms with Gasteiger partial charge >= 0.3 is 0 Å². The predicted octanol–water partition coefficient (Wildman–Crippen LogP) is 3.27. The second-order valence-corrected chi connectivity index (χ2v) is 5.01. The number of nitriles is 1. The first-order valence-corrected chi connectivity index (χ1v) is 6.80. The van der Waals surface area contributed by atoms with E-state index in [1.165, 1.54) is 19.3 Å². The van der Waals surface area contributed by atoms with E-state index in [0.717, 1.165) is 16.1 Å². The highest BCUT2D eigenvalue weighted by atomic mass is 32.2. The van der Waals surface area contributed by atoms with Crippen molar-refractivity contribution in [2.75, 3.05) is 18.2 Å². The molecule has 1 aromatic carbocycles. The summed E-state index contributed by atoms with van der Waals surface area (Å²) in [6.07, 6.45) is 5.85. The lowest BCUT2D eigenvalue weighted by Crippen LogP contribution is -2.37. The van der Waals surface area contributed by atoms with Crippen molar-refractivity contribution in [1.82, 2.24) is 0 Å². The minimum Gasteiger partial charge on any atom is -0.371 e. The molecule has 0 saturated heterocycles. The van der Waals surface area contributed by atoms with Crippen LogP contribution in [0.25, 0.3) is 0 Å². The number of hydrogen-bond donors (Lipinski definition) is 0. The molecule has 16 heavy (non-hydrogen) atoms. The van der Waals surface area contributed by atoms with Crippen LogP contribution in [0.5, 0.6) is 0 Å². The van der Waals surface area contributed by atoms with Crippen molar-refractivity contribution in [3.05, 3.63) is 23.8 Å². The van der Waals surface area contributed by atoms with Crippen LogP contribution in [0.15, 0.2) is 23.1 Å². The number of anilines is 1. The van der Waals surface area contributed by atoms with Gasteiger partial charge in [-0.15, -0.1) is 11.8 Å². The Labute approximate surface area is 101 Å². The minimum atomic E-state index is 0.629. The number of benzene rings is 1. The summed E-state index contributed by atoms with van der Waals surface area (Å²) in [5, 5.41) is 9.26. The van der Waals surface area contributed by atoms with Gasteiger partial charge in [0.1, 0.15) is 6.07 Å². The van der Waals surface area contributed by atoms with Gasteiger partial charge in [-0.2, -0.15) is 5.26 Å². The van der Waals surface area contributed by atoms with Gasteiger partial charge in [0.2, 0.25) is 0 Å². The zero-order chi connectivity index (χ0) is 11.5. The predicted molar refractivity (Wildman–Crippen MR) is 69.0 cm³/mol. The minimum absolute atomic E-state index is 0.629. The van der Waals surface area contributed by atoms with Gasteiger partial charge in [-0.05, 0) is 37.7 Å². The van der Waals surface area contributed by atoms with E-state index in [1.807, 2.05) is 18.4 Å². The third-order valence-corrected chi connectivity index (χ3v) is 4.12. The van der Waals surface area contributed by atoms with Crippen molar-refractivity contribution in [3.8, 4) is 6.07 Å². The molecule has 1 aromatic rings. The maximum atomic E-state index is 9.26. The van der Waals surface area contributed by atoms with E-state index < -0.39 is 0 Å². The first-order chi connectivity index (χ1) is 7.77. The van der Waals surface area contributed by atoms with Crippen molar-refractivity contribution in [2.24, 2.45) is 0 Å². The summed E-state index contributed by atoms with van der Waals surface area (Å²) in [5.41, 5.74) is 1.91. The van der Waals surface area contributed by atoms with E-state index in [-0.39, 0.29) is 0 Å². The average molecular weight is 232 g/mol. The van der Waals surface area contributed by atoms with Gasteiger partial charge in [-0.3, -0.25) is 0 Å². The SMILES string of the molecule is CSc1cccc(N(C)C2CCC2)c1C#N. The molecule has 0 bridgehead atoms. The molecule has 1 aliphatic rings. The van der Waals surface area contributed by atoms with Crippen LogP contribution in [-0.2, 0) is 0 Å². The third kappa shape index (κ3) is 1.90. The van der Waals surface area contributed by atoms with Crippen molar-refractivity contribution in [2.45, 2.75) is 30.2 Å². The van der Waals surface area contributed by atoms with Crippen molar-refractivity contribution in [1.29, 1.82) is 5.26 Å². The molecule has 1 aliphatic carbocycles. The molecule has 0 unspecified atom stereocenters. The van der Waals surface area contributed by atoms with Gasteiger partial charge in [-0.1, -0.05) is 6.07 Å². The summed E-state index contributed by atoms with van der Waals surface area (Å²) in [4.78, 5) is 3.34. The molecule has 0 radical (unpaired) electrons. The molecule has 3 heteroatoms. The number of hydrogen-bond acceptors (Lipinski definition) is 3. The molecule has 0 atom stereocenters. The topological polar surface area (TPSA) is 27.0 Å². The van der Waals surface area contributed by atoms with E-state index in [2.05, 4.69) is 24.1 Å². The summed E-state index contributed by atoms with van der Waals surface area (Å²) >= 11 is 1.64. The molecule has 0 aromatic heterocycles. The van der Waals surface area contributed by atoms with E-state index in [1.54, 1.807) is 11.8 Å². The first-order valence-electron chi connectivity index (χ1n) is 5.58. The van der Waals surface area contributed by atoms with Gasteiger partial charge in [0, 0.05) is 18.0 Å². The molecule has 84 valence electrons. The molecular formula is C13H16N2S. The van der Waals surface area contributed by atoms with Crippen LogP contribution in [0.3, 0.4) is 0 Å². The largest absolute Gasteiger partial charge is 0.371 e. The van der Waals surface area contributed by atoms with Crippen LogP contribution in [0, 0.1) is 11.3 Å². The van der Waals surface area contributed by atoms with Crippen LogP contribution in [0.2, 0.25) is 0 Å². The van der Waals surface area contributed by atoms with Crippen LogP contribution < -0.4 is 4.90 Å². The van der Waals surface area contributed by atoms with E-state index >= 15 is 0 Å². The third-order valence-electron chi connectivity index (χ3n) is 3.34. The molecular weight excluding hydrogens is 216 g/mol. The molecule has 0 spiro atoms. The quantitative estimate of drug-likeness (QED) is 0.748. The second kappa shape index (κ2) is 4.80. The van der Waals surface area contributed by atoms with Gasteiger partial charge in [0.25, 0.3) is 0 Å². The highest BCUT2D eigenvalue weighted by molar-refractivity contribution is 7.98. The zero-order valence-corrected chi connectivity index (χ0v) is 10.5. The first kappa shape index (κ1) is 11.3. The standard InChI is InChI=1S/C13H16N2S/c1-15(10-5-3-6-10)12-7-4-8-13(16-2)11(12)9-14/h4,7-8,10H,3,5-6H2,1-2H3. The summed E-state index contributed by atoms with van der Waals surface area (Å²) < 4.78 is 0. The summed E-state index contributed by atoms with van der Waals surface area (Å²) in [6, 6.07) is 9.07. The molecule has 0 aliphatic heterocycles. The van der Waals surface area contributed by atoms with Crippen LogP contribution >= 0.6 is 11.8 Å². The molecule has 1 fully saturated rings. The molecule has 0 heterocycles. The Bertz CT molecular complexity index is 418. The summed E-state index contributed by atoms with van der Waals surface area (Å²) in [7, 11) is 2.10. The number of nitrogens with zero attached hydrogens (tertiary/aromatic N) is 2. The van der Waals surface area contributed by atoms with Crippen LogP contribution in [0.1, 0.15) is 24.8 Å². The normalized spacial score (nSPS) is 15.3. The van der Waals surface area contributed by atoms with Crippen LogP contribution in [0.4, 0.5) is 5.69 Å². The summed E-state index contributed by atoms with van der Waals surface area (Å²) in [5.74, 6) is 0. The Morgan fingerprint density at radius 2 is 2.19 bits per heavy atom. The highest BCUT2D eigenvalue weighted by Gasteiger charge is 2.24. The molecule has 1 saturated carbocycles. The van der Waals surface area contributed by atoms with E-state index in [4.69, 9.17) is 0 Å². The fraction of sp³-hybridized carbons (Fsp3) is 0.462. The van der Waals surface area contributed by atoms with Crippen molar-refractivity contribution in [3.63, 3.8) is 0 Å². The summed E-state index contributed by atoms with van der Waals surface area (Å²) in [6.45, 7) is 0. The lowest BCUT2D eigenvalue weighted by atomic mass is 9.91. The van der Waals surface area contributed by atoms with E-state index in [9.17, 15) is 5.26 Å². The van der Waals surface area contributed by atoms with Gasteiger partial charge in [0.05, 0.1) is 11.3 Å². The Hall–Kier alpha value is -1.14. The Morgan fingerprint density at radius 3 is 2.69 bits per heavy atom. The van der Waals surface area contributed by atoms with Crippen molar-refractivity contribution >= 4 is 17.4 Å². The molecule has 0 amide bonds. The number of thioether (sulfide) groups is 1. The maximum absolute atomic E-state index is 9.26. The van der Waals surface area contributed by atoms with Gasteiger partial charge in [0.15, 0.2) is 0 Å². The molecule has 2 rings (SSSR count). The Balaban J connectivity index is 2.35. The zero-order valence-electron chi connectivity index (χ0n) is 9.73. The van der Waals surface area contributed by atoms with Gasteiger partial charge in [-0.25, -0.2) is 0 Å². The lowest BCUT2D eigenvalue weighted by molar-refractivity contribution is 0.401. The monoisotopic (exact) mass is 232 g/mol. The molecule has 0 N–H and O–H groups in total. The maximum Gasteiger partial charge on any atom is 0.103 e. The fourth-order valence-corrected chi connectivity index (χ4v) is 2.64. The number of rotatable bonds is 3. The molecule has 2 nitrogen and oxygen atoms in total. The van der Waals surface area contributed by atoms with E-state index in [0.29, 0.717) is 6.04 Å². The van der Waals surface area contributed by atoms with Gasteiger partial charge < -0.3 is 4.90 Å². The second-order valence-electron chi connectivity index (χ2n) is 4.16. The Kier molecular flexibility index (Phi) is 3.40. The lowest BCUT2D eigenvalue weighted by Gasteiger charge is -2.37. The fourth-order valence-electron chi connectivity index (χ4n) is 2.07. The Morgan fingerprint density at radius 1 is 1.44 bits per heavy atom. The smallest absolute Gasteiger partial charge is 0.103 e. The highest BCUT2D eigenvalue weighted by Crippen LogP contribution is 2.33.